The number of anilines is 1. The lowest BCUT2D eigenvalue weighted by Gasteiger charge is -2.21. The molecule has 2 N–H and O–H groups in total. The molecule has 6 heteroatoms. The average molecular weight is 319 g/mol. The summed E-state index contributed by atoms with van der Waals surface area (Å²) >= 11 is 0. The Morgan fingerprint density at radius 2 is 2.13 bits per heavy atom. The summed E-state index contributed by atoms with van der Waals surface area (Å²) in [4.78, 5) is 11.8. The van der Waals surface area contributed by atoms with Crippen molar-refractivity contribution >= 4 is 11.7 Å². The Morgan fingerprint density at radius 1 is 1.35 bits per heavy atom. The predicted molar refractivity (Wildman–Crippen MR) is 85.6 cm³/mol. The van der Waals surface area contributed by atoms with E-state index in [1.165, 1.54) is 31.4 Å². The number of ether oxygens (including phenoxy) is 1. The molecule has 0 unspecified atom stereocenters. The second kappa shape index (κ2) is 9.11. The molecule has 0 radical (unpaired) electrons. The second-order valence-corrected chi connectivity index (χ2v) is 5.67. The third-order valence-electron chi connectivity index (χ3n) is 3.86. The molecule has 2 rings (SSSR count). The Bertz CT molecular complexity index is 565. The van der Waals surface area contributed by atoms with Crippen LogP contribution in [0.25, 0.3) is 0 Å². The molecule has 0 saturated heterocycles. The Balaban J connectivity index is 1.64. The monoisotopic (exact) mass is 319 g/mol. The van der Waals surface area contributed by atoms with Crippen LogP contribution in [0.3, 0.4) is 0 Å². The summed E-state index contributed by atoms with van der Waals surface area (Å²) in [6.07, 6.45) is 7.16. The number of amides is 2. The lowest BCUT2D eigenvalue weighted by molar-refractivity contribution is 0.0276. The molecule has 0 aromatic heterocycles. The van der Waals surface area contributed by atoms with Crippen LogP contribution in [0.2, 0.25) is 0 Å². The summed E-state index contributed by atoms with van der Waals surface area (Å²) in [5.41, 5.74) is 0.394. The Morgan fingerprint density at radius 3 is 2.87 bits per heavy atom. The van der Waals surface area contributed by atoms with Crippen molar-refractivity contribution in [1.29, 1.82) is 5.26 Å². The summed E-state index contributed by atoms with van der Waals surface area (Å²) in [5, 5.41) is 14.2. The summed E-state index contributed by atoms with van der Waals surface area (Å²) in [7, 11) is 0. The van der Waals surface area contributed by atoms with Crippen molar-refractivity contribution in [3.05, 3.63) is 29.6 Å². The maximum Gasteiger partial charge on any atom is 0.319 e. The molecule has 0 heterocycles. The molecule has 1 aromatic rings. The molecule has 2 amide bonds. The lowest BCUT2D eigenvalue weighted by atomic mass is 9.98. The van der Waals surface area contributed by atoms with Crippen LogP contribution in [-0.2, 0) is 4.74 Å². The Labute approximate surface area is 135 Å². The van der Waals surface area contributed by atoms with Crippen LogP contribution >= 0.6 is 0 Å². The summed E-state index contributed by atoms with van der Waals surface area (Å²) in [6.45, 7) is 1.12. The van der Waals surface area contributed by atoms with Crippen LogP contribution in [0, 0.1) is 17.1 Å². The van der Waals surface area contributed by atoms with Gasteiger partial charge in [0.15, 0.2) is 0 Å². The van der Waals surface area contributed by atoms with Crippen LogP contribution in [0.4, 0.5) is 14.9 Å². The van der Waals surface area contributed by atoms with Gasteiger partial charge in [-0.05, 0) is 37.5 Å². The molecule has 124 valence electrons. The fourth-order valence-corrected chi connectivity index (χ4v) is 2.64. The number of nitriles is 1. The zero-order valence-electron chi connectivity index (χ0n) is 13.1. The number of hydrogen-bond donors (Lipinski definition) is 2. The summed E-state index contributed by atoms with van der Waals surface area (Å²) < 4.78 is 18.8. The van der Waals surface area contributed by atoms with Gasteiger partial charge in [-0.3, -0.25) is 0 Å². The van der Waals surface area contributed by atoms with Gasteiger partial charge in [-0.25, -0.2) is 9.18 Å². The van der Waals surface area contributed by atoms with Gasteiger partial charge in [-0.2, -0.15) is 5.26 Å². The summed E-state index contributed by atoms with van der Waals surface area (Å²) in [6, 6.07) is 5.11. The minimum Gasteiger partial charge on any atom is -0.378 e. The van der Waals surface area contributed by atoms with Crippen LogP contribution < -0.4 is 10.6 Å². The van der Waals surface area contributed by atoms with Gasteiger partial charge in [-0.15, -0.1) is 0 Å². The van der Waals surface area contributed by atoms with E-state index >= 15 is 0 Å². The maximum atomic E-state index is 13.0. The molecule has 0 atom stereocenters. The molecule has 1 aliphatic carbocycles. The highest BCUT2D eigenvalue weighted by atomic mass is 19.1. The molecule has 1 fully saturated rings. The zero-order chi connectivity index (χ0) is 16.5. The minimum atomic E-state index is -0.507. The normalized spacial score (nSPS) is 15.0. The minimum absolute atomic E-state index is 0.0979. The van der Waals surface area contributed by atoms with Crippen molar-refractivity contribution in [3.63, 3.8) is 0 Å². The van der Waals surface area contributed by atoms with Crippen LogP contribution in [0.5, 0.6) is 0 Å². The van der Waals surface area contributed by atoms with E-state index in [1.807, 2.05) is 6.07 Å². The molecule has 1 saturated carbocycles. The lowest BCUT2D eigenvalue weighted by Crippen LogP contribution is -2.30. The van der Waals surface area contributed by atoms with Gasteiger partial charge in [0, 0.05) is 13.2 Å². The maximum absolute atomic E-state index is 13.0. The number of nitrogens with zero attached hydrogens (tertiary/aromatic N) is 1. The number of nitrogens with one attached hydrogen (secondary N) is 2. The molecule has 23 heavy (non-hydrogen) atoms. The number of carbonyl (C=O) groups is 1. The molecule has 0 bridgehead atoms. The second-order valence-electron chi connectivity index (χ2n) is 5.67. The van der Waals surface area contributed by atoms with Crippen molar-refractivity contribution in [2.24, 2.45) is 0 Å². The van der Waals surface area contributed by atoms with E-state index in [4.69, 9.17) is 10.00 Å². The molecule has 1 aromatic carbocycles. The van der Waals surface area contributed by atoms with Gasteiger partial charge in [0.05, 0.1) is 17.4 Å². The van der Waals surface area contributed by atoms with Crippen molar-refractivity contribution in [2.75, 3.05) is 18.5 Å². The standard InChI is InChI=1S/C17H22FN3O2/c18-14-7-8-16(13(11-14)12-19)21-17(22)20-9-4-10-23-15-5-2-1-3-6-15/h7-8,11,15H,1-6,9-10H2,(H2,20,21,22). The van der Waals surface area contributed by atoms with E-state index in [1.54, 1.807) is 0 Å². The number of benzene rings is 1. The number of hydrogen-bond acceptors (Lipinski definition) is 3. The van der Waals surface area contributed by atoms with E-state index in [-0.39, 0.29) is 5.56 Å². The van der Waals surface area contributed by atoms with Gasteiger partial charge >= 0.3 is 6.03 Å². The Kier molecular flexibility index (Phi) is 6.82. The first-order valence-electron chi connectivity index (χ1n) is 8.05. The van der Waals surface area contributed by atoms with Gasteiger partial charge in [0.1, 0.15) is 11.9 Å². The van der Waals surface area contributed by atoms with Crippen molar-refractivity contribution < 1.29 is 13.9 Å². The highest BCUT2D eigenvalue weighted by Gasteiger charge is 2.13. The smallest absolute Gasteiger partial charge is 0.319 e. The Hall–Kier alpha value is -2.13. The predicted octanol–water partition coefficient (Wildman–Crippen LogP) is 3.56. The molecule has 0 spiro atoms. The zero-order valence-corrected chi connectivity index (χ0v) is 13.1. The van der Waals surface area contributed by atoms with E-state index in [0.29, 0.717) is 24.9 Å². The van der Waals surface area contributed by atoms with E-state index in [0.717, 1.165) is 25.3 Å². The molecule has 5 nitrogen and oxygen atoms in total. The fraction of sp³-hybridized carbons (Fsp3) is 0.529. The molecule has 0 aliphatic heterocycles. The van der Waals surface area contributed by atoms with Gasteiger partial charge in [0.2, 0.25) is 0 Å². The largest absolute Gasteiger partial charge is 0.378 e. The third kappa shape index (κ3) is 5.87. The highest BCUT2D eigenvalue weighted by Crippen LogP contribution is 2.20. The van der Waals surface area contributed by atoms with Crippen LogP contribution in [0.1, 0.15) is 44.1 Å². The highest BCUT2D eigenvalue weighted by molar-refractivity contribution is 5.90. The molecular weight excluding hydrogens is 297 g/mol. The van der Waals surface area contributed by atoms with Crippen molar-refractivity contribution in [3.8, 4) is 6.07 Å². The first kappa shape index (κ1) is 17.2. The van der Waals surface area contributed by atoms with Crippen LogP contribution in [-0.4, -0.2) is 25.3 Å². The van der Waals surface area contributed by atoms with Gasteiger partial charge in [0.25, 0.3) is 0 Å². The third-order valence-corrected chi connectivity index (χ3v) is 3.86. The SMILES string of the molecule is N#Cc1cc(F)ccc1NC(=O)NCCCOC1CCCCC1. The summed E-state index contributed by atoms with van der Waals surface area (Å²) in [5.74, 6) is -0.507. The fourth-order valence-electron chi connectivity index (χ4n) is 2.64. The van der Waals surface area contributed by atoms with Gasteiger partial charge < -0.3 is 15.4 Å². The average Bonchev–Trinajstić information content (AvgIpc) is 2.57. The van der Waals surface area contributed by atoms with Crippen molar-refractivity contribution in [2.45, 2.75) is 44.6 Å². The van der Waals surface area contributed by atoms with Gasteiger partial charge in [-0.1, -0.05) is 19.3 Å². The van der Waals surface area contributed by atoms with E-state index in [9.17, 15) is 9.18 Å². The van der Waals surface area contributed by atoms with Crippen LogP contribution in [0.15, 0.2) is 18.2 Å². The number of halogens is 1. The number of urea groups is 1. The number of rotatable bonds is 6. The quantitative estimate of drug-likeness (QED) is 0.787. The van der Waals surface area contributed by atoms with E-state index in [2.05, 4.69) is 10.6 Å². The first-order chi connectivity index (χ1) is 11.2. The van der Waals surface area contributed by atoms with Crippen molar-refractivity contribution in [1.82, 2.24) is 5.32 Å². The number of carbonyl (C=O) groups excluding carboxylic acids is 1. The molecule has 1 aliphatic rings. The topological polar surface area (TPSA) is 74.2 Å². The molecular formula is C17H22FN3O2. The van der Waals surface area contributed by atoms with E-state index < -0.39 is 11.8 Å². The first-order valence-corrected chi connectivity index (χ1v) is 8.05.